The number of likely N-dealkylation sites (tertiary alicyclic amines) is 1. The highest BCUT2D eigenvalue weighted by atomic mass is 35.5. The monoisotopic (exact) mass is 1110 g/mol. The van der Waals surface area contributed by atoms with Gasteiger partial charge in [0.15, 0.2) is 21.3 Å². The zero-order chi connectivity index (χ0) is 53.7. The lowest BCUT2D eigenvalue weighted by Gasteiger charge is -2.29. The highest BCUT2D eigenvalue weighted by Crippen LogP contribution is 2.68. The van der Waals surface area contributed by atoms with Crippen LogP contribution in [-0.4, -0.2) is 100.0 Å². The Morgan fingerprint density at radius 2 is 1.62 bits per heavy atom. The van der Waals surface area contributed by atoms with Gasteiger partial charge in [-0.15, -0.1) is 0 Å². The van der Waals surface area contributed by atoms with Crippen LogP contribution in [0.5, 0.6) is 0 Å². The van der Waals surface area contributed by atoms with Gasteiger partial charge in [0.05, 0.1) is 38.7 Å². The zero-order valence-electron chi connectivity index (χ0n) is 38.9. The van der Waals surface area contributed by atoms with Gasteiger partial charge in [-0.2, -0.15) is 62.3 Å². The Labute approximate surface area is 421 Å². The molecule has 0 bridgehead atoms. The van der Waals surface area contributed by atoms with E-state index in [0.29, 0.717) is 29.8 Å². The maximum absolute atomic E-state index is 15.6. The molecule has 28 heteroatoms. The number of fused-ring (bicyclic) bond motifs is 4. The summed E-state index contributed by atoms with van der Waals surface area (Å²) in [7, 11) is -8.46. The number of carbonyl (C=O) groups is 2. The van der Waals surface area contributed by atoms with E-state index in [1.807, 2.05) is 0 Å². The maximum Gasteiger partial charge on any atom is 0.435 e. The Hall–Kier alpha value is -5.15. The van der Waals surface area contributed by atoms with Crippen molar-refractivity contribution >= 4 is 72.7 Å². The van der Waals surface area contributed by atoms with E-state index in [9.17, 15) is 61.5 Å². The first kappa shape index (κ1) is 54.1. The first-order valence-corrected chi connectivity index (χ1v) is 27.1. The van der Waals surface area contributed by atoms with Crippen LogP contribution in [0.2, 0.25) is 5.02 Å². The quantitative estimate of drug-likeness (QED) is 0.0767. The highest BCUT2D eigenvalue weighted by molar-refractivity contribution is 7.93. The fraction of sp³-hybridized carbons (Fsp3) is 0.489. The number of aryl methyl sites for hydroxylation is 1. The SMILES string of the molecule is CC(C)(CCc1ccc(-c2ccc(Cl)c3c(N(C(=O)N4CCC[C@H]4CS)S(C)(=O)=O)nn(CC(F)(F)F)c23)c([C@H](Cc2cc(F)cc(F)c2)NC(=O)Cn2nc(C(F)(F)F)c3c2C(F)(F)C2C[C@H]32)n1)S(C)(=O)=O. The Morgan fingerprint density at radius 3 is 2.22 bits per heavy atom. The van der Waals surface area contributed by atoms with Crippen molar-refractivity contribution in [3.8, 4) is 11.1 Å². The molecular weight excluding hydrogens is 1070 g/mol. The maximum atomic E-state index is 15.6. The van der Waals surface area contributed by atoms with Crippen LogP contribution in [0.15, 0.2) is 42.5 Å². The summed E-state index contributed by atoms with van der Waals surface area (Å²) in [6, 6.07) is 3.71. The molecular formula is C45H45ClF10N8O6S3. The smallest absolute Gasteiger partial charge is 0.346 e. The number of nitrogens with one attached hydrogen (secondary N) is 1. The van der Waals surface area contributed by atoms with Crippen molar-refractivity contribution in [2.45, 2.75) is 106 Å². The summed E-state index contributed by atoms with van der Waals surface area (Å²) in [4.78, 5) is 34.4. The van der Waals surface area contributed by atoms with Crippen molar-refractivity contribution in [2.24, 2.45) is 5.92 Å². The van der Waals surface area contributed by atoms with Crippen molar-refractivity contribution in [3.63, 3.8) is 0 Å². The van der Waals surface area contributed by atoms with Gasteiger partial charge in [0, 0.05) is 59.0 Å². The summed E-state index contributed by atoms with van der Waals surface area (Å²) < 4.78 is 200. The van der Waals surface area contributed by atoms with Crippen LogP contribution in [0.4, 0.5) is 54.5 Å². The molecule has 0 spiro atoms. The average molecular weight is 1120 g/mol. The number of thiol groups is 1. The summed E-state index contributed by atoms with van der Waals surface area (Å²) >= 11 is 11.0. The summed E-state index contributed by atoms with van der Waals surface area (Å²) in [5.74, 6) is -10.7. The summed E-state index contributed by atoms with van der Waals surface area (Å²) in [5, 5.41) is 9.08. The van der Waals surface area contributed by atoms with E-state index >= 15 is 8.78 Å². The first-order valence-electron chi connectivity index (χ1n) is 22.4. The second kappa shape index (κ2) is 18.9. The van der Waals surface area contributed by atoms with Gasteiger partial charge >= 0.3 is 18.4 Å². The normalized spacial score (nSPS) is 19.3. The summed E-state index contributed by atoms with van der Waals surface area (Å²) in [5.41, 5.74) is -4.97. The van der Waals surface area contributed by atoms with Crippen LogP contribution in [0.3, 0.4) is 0 Å². The van der Waals surface area contributed by atoms with Crippen molar-refractivity contribution in [2.75, 3.05) is 29.1 Å². The van der Waals surface area contributed by atoms with Crippen LogP contribution in [0.1, 0.15) is 85.4 Å². The number of anilines is 1. The zero-order valence-corrected chi connectivity index (χ0v) is 42.2. The van der Waals surface area contributed by atoms with Crippen molar-refractivity contribution < 1.29 is 70.3 Å². The predicted molar refractivity (Wildman–Crippen MR) is 250 cm³/mol. The Kier molecular flexibility index (Phi) is 14.0. The molecule has 4 heterocycles. The summed E-state index contributed by atoms with van der Waals surface area (Å²) in [6.07, 6.45) is -8.94. The topological polar surface area (TPSA) is 169 Å². The molecule has 5 aromatic rings. The van der Waals surface area contributed by atoms with E-state index in [2.05, 4.69) is 28.1 Å². The Morgan fingerprint density at radius 1 is 0.959 bits per heavy atom. The predicted octanol–water partition coefficient (Wildman–Crippen LogP) is 9.15. The lowest BCUT2D eigenvalue weighted by molar-refractivity contribution is -0.143. The molecule has 2 aromatic carbocycles. The molecule has 3 aliphatic rings. The van der Waals surface area contributed by atoms with Crippen molar-refractivity contribution in [1.82, 2.24) is 34.8 Å². The molecule has 3 aromatic heterocycles. The van der Waals surface area contributed by atoms with Gasteiger partial charge < -0.3 is 10.2 Å². The molecule has 1 N–H and O–H groups in total. The van der Waals surface area contributed by atoms with E-state index in [4.69, 9.17) is 16.6 Å². The molecule has 2 aliphatic carbocycles. The van der Waals surface area contributed by atoms with E-state index in [1.165, 1.54) is 36.9 Å². The van der Waals surface area contributed by atoms with E-state index in [0.717, 1.165) is 24.5 Å². The lowest BCUT2D eigenvalue weighted by atomic mass is 9.93. The molecule has 8 rings (SSSR count). The first-order chi connectivity index (χ1) is 33.7. The minimum absolute atomic E-state index is 0.0527. The number of hydrogen-bond acceptors (Lipinski definition) is 10. The van der Waals surface area contributed by atoms with Crippen LogP contribution < -0.4 is 9.62 Å². The van der Waals surface area contributed by atoms with Crippen molar-refractivity contribution in [3.05, 3.63) is 93.0 Å². The van der Waals surface area contributed by atoms with Crippen LogP contribution >= 0.6 is 24.2 Å². The number of pyridine rings is 1. The number of urea groups is 1. The van der Waals surface area contributed by atoms with Gasteiger partial charge in [0.25, 0.3) is 5.92 Å². The average Bonchev–Trinajstić information content (AvgIpc) is 3.47. The Bertz CT molecular complexity index is 3260. The lowest BCUT2D eigenvalue weighted by Crippen LogP contribution is -2.48. The van der Waals surface area contributed by atoms with Gasteiger partial charge in [-0.3, -0.25) is 19.1 Å². The minimum Gasteiger partial charge on any atom is -0.346 e. The van der Waals surface area contributed by atoms with Gasteiger partial charge in [-0.05, 0) is 88.1 Å². The second-order valence-electron chi connectivity index (χ2n) is 19.1. The molecule has 73 heavy (non-hydrogen) atoms. The Balaban J connectivity index is 1.34. The third-order valence-corrected chi connectivity index (χ3v) is 17.4. The number of aromatic nitrogens is 5. The minimum atomic E-state index is -5.20. The molecule has 2 fully saturated rings. The van der Waals surface area contributed by atoms with Gasteiger partial charge in [-0.25, -0.2) is 30.4 Å². The van der Waals surface area contributed by atoms with Crippen LogP contribution in [-0.2, 0) is 62.7 Å². The molecule has 1 saturated heterocycles. The molecule has 4 atom stereocenters. The third-order valence-electron chi connectivity index (χ3n) is 13.5. The number of carbonyl (C=O) groups excluding carboxylic acids is 2. The highest BCUT2D eigenvalue weighted by Gasteiger charge is 2.68. The largest absolute Gasteiger partial charge is 0.435 e. The second-order valence-corrected chi connectivity index (χ2v) is 24.4. The number of sulfone groups is 1. The number of amides is 3. The van der Waals surface area contributed by atoms with Crippen LogP contribution in [0, 0.1) is 17.6 Å². The van der Waals surface area contributed by atoms with Gasteiger partial charge in [-0.1, -0.05) is 23.7 Å². The number of alkyl halides is 8. The number of hydrogen-bond donors (Lipinski definition) is 2. The van der Waals surface area contributed by atoms with E-state index in [-0.39, 0.29) is 68.6 Å². The molecule has 1 unspecified atom stereocenters. The number of sulfonamides is 1. The van der Waals surface area contributed by atoms with Crippen LogP contribution in [0.25, 0.3) is 22.0 Å². The van der Waals surface area contributed by atoms with Crippen molar-refractivity contribution in [1.29, 1.82) is 0 Å². The fourth-order valence-corrected chi connectivity index (χ4v) is 11.5. The molecule has 0 radical (unpaired) electrons. The third kappa shape index (κ3) is 10.6. The van der Waals surface area contributed by atoms with Gasteiger partial charge in [0.1, 0.15) is 30.4 Å². The van der Waals surface area contributed by atoms with E-state index in [1.54, 1.807) is 0 Å². The molecule has 396 valence electrons. The number of halogens is 11. The molecule has 3 amide bonds. The molecule has 1 aliphatic heterocycles. The fourth-order valence-electron chi connectivity index (χ4n) is 9.60. The molecule has 14 nitrogen and oxygen atoms in total. The molecule has 1 saturated carbocycles. The summed E-state index contributed by atoms with van der Waals surface area (Å²) in [6.45, 7) is -0.280. The number of nitrogens with zero attached hydrogens (tertiary/aromatic N) is 7. The van der Waals surface area contributed by atoms with E-state index < -0.39 is 149 Å². The number of rotatable bonds is 15. The standard InChI is InChI=1S/C45H45ClF10N8O6S3/c1-42(2,72(3,67)68)12-11-25-7-8-27(28-9-10-31(46)35-37(28)63(21-43(49,50)51)60-40(35)64(73(4,69)70)41(66)61-13-5-6-26(61)20-71)36(57-25)32(16-22-14-23(47)17-24(48)15-22)58-33(65)19-62-39-34(38(59-62)45(54,55)56)29-18-30(29)44(39,52)53/h7-10,14-15,17,26,29-30,32,71H,5-6,11-13,16,18-21H2,1-4H3,(H,58,65)/t26-,29-,30?,32-/m0/s1. The number of benzene rings is 2. The van der Waals surface area contributed by atoms with Gasteiger partial charge in [0.2, 0.25) is 15.9 Å².